The molecule has 2 N–H and O–H groups in total. The average molecular weight is 1010 g/mol. The van der Waals surface area contributed by atoms with E-state index in [9.17, 15) is 27.5 Å². The van der Waals surface area contributed by atoms with Gasteiger partial charge in [-0.3, -0.25) is 18.6 Å². The summed E-state index contributed by atoms with van der Waals surface area (Å²) in [6, 6.07) is 17.0. The van der Waals surface area contributed by atoms with Crippen molar-refractivity contribution in [2.24, 2.45) is 0 Å². The molecule has 0 spiro atoms. The van der Waals surface area contributed by atoms with E-state index < -0.39 is 49.1 Å². The van der Waals surface area contributed by atoms with Gasteiger partial charge in [-0.1, -0.05) is 189 Å². The first kappa shape index (κ1) is 58.9. The molecule has 70 heavy (non-hydrogen) atoms. The lowest BCUT2D eigenvalue weighted by Gasteiger charge is -2.20. The number of phosphoric acid groups is 1. The van der Waals surface area contributed by atoms with Gasteiger partial charge in [0.2, 0.25) is 10.0 Å². The van der Waals surface area contributed by atoms with Gasteiger partial charge in [0.25, 0.3) is 0 Å². The predicted molar refractivity (Wildman–Crippen MR) is 287 cm³/mol. The summed E-state index contributed by atoms with van der Waals surface area (Å²) in [4.78, 5) is 36.3. The predicted octanol–water partition coefficient (Wildman–Crippen LogP) is 15.5. The monoisotopic (exact) mass is 1010 g/mol. The van der Waals surface area contributed by atoms with Crippen molar-refractivity contribution >= 4 is 62.1 Å². The minimum absolute atomic E-state index is 0.0832. The second kappa shape index (κ2) is 34.7. The number of rotatable bonds is 42. The summed E-state index contributed by atoms with van der Waals surface area (Å²) < 4.78 is 64.0. The van der Waals surface area contributed by atoms with E-state index in [1.807, 2.05) is 36.4 Å². The molecule has 0 aliphatic carbocycles. The number of benzene rings is 4. The number of hydrogen-bond donors (Lipinski definition) is 2. The van der Waals surface area contributed by atoms with Crippen LogP contribution in [0.2, 0.25) is 0 Å². The second-order valence-corrected chi connectivity index (χ2v) is 22.1. The standard InChI is InChI=1S/C57H86NO10PS/c1-3-5-7-9-11-13-15-17-19-21-23-25-27-29-31-36-54(59)65-46-51(68-55(60)37-32-30-28-26-24-22-20-18-16-14-12-10-8-6-4-2)47-67-69(61,62)66-45-44-58-70(63,64)53-43-41-50-39-38-48-34-33-35-49-40-42-52(53)57(50)56(48)49/h17-20,33-35,38-43,51,58H,3-16,21-32,36-37,44-47H2,1-2H3,(H,61,62)/b19-17-,20-18-/t51-/m1/s1. The Labute approximate surface area is 420 Å². The number of unbranched alkanes of at least 4 members (excludes halogenated alkanes) is 22. The Balaban J connectivity index is 1.17. The second-order valence-electron chi connectivity index (χ2n) is 18.9. The van der Waals surface area contributed by atoms with E-state index in [1.165, 1.54) is 77.0 Å². The molecule has 11 nitrogen and oxygen atoms in total. The van der Waals surface area contributed by atoms with Crippen LogP contribution in [0.1, 0.15) is 194 Å². The van der Waals surface area contributed by atoms with Crippen molar-refractivity contribution in [3.8, 4) is 0 Å². The van der Waals surface area contributed by atoms with Gasteiger partial charge in [0, 0.05) is 24.8 Å². The zero-order chi connectivity index (χ0) is 50.1. The molecule has 0 bridgehead atoms. The van der Waals surface area contributed by atoms with Gasteiger partial charge in [-0.05, 0) is 97.2 Å². The fourth-order valence-electron chi connectivity index (χ4n) is 8.87. The van der Waals surface area contributed by atoms with Gasteiger partial charge < -0.3 is 14.4 Å². The number of esters is 2. The van der Waals surface area contributed by atoms with Gasteiger partial charge in [-0.15, -0.1) is 0 Å². The van der Waals surface area contributed by atoms with E-state index in [0.29, 0.717) is 18.2 Å². The zero-order valence-corrected chi connectivity index (χ0v) is 44.4. The van der Waals surface area contributed by atoms with E-state index in [2.05, 4.69) is 42.9 Å². The number of hydrogen-bond acceptors (Lipinski definition) is 9. The first-order valence-electron chi connectivity index (χ1n) is 27.0. The Bertz CT molecular complexity index is 2280. The third kappa shape index (κ3) is 23.3. The number of sulfonamides is 1. The van der Waals surface area contributed by atoms with Crippen LogP contribution in [0.5, 0.6) is 0 Å². The summed E-state index contributed by atoms with van der Waals surface area (Å²) in [5, 5.41) is 5.33. The van der Waals surface area contributed by atoms with Crippen molar-refractivity contribution in [3.63, 3.8) is 0 Å². The highest BCUT2D eigenvalue weighted by molar-refractivity contribution is 7.89. The van der Waals surface area contributed by atoms with Crippen LogP contribution in [0.3, 0.4) is 0 Å². The molecule has 4 rings (SSSR count). The molecule has 0 saturated carbocycles. The number of phosphoric ester groups is 1. The largest absolute Gasteiger partial charge is 0.472 e. The van der Waals surface area contributed by atoms with Crippen molar-refractivity contribution in [2.75, 3.05) is 26.4 Å². The van der Waals surface area contributed by atoms with Crippen molar-refractivity contribution in [1.29, 1.82) is 0 Å². The Morgan fingerprint density at radius 1 is 0.571 bits per heavy atom. The lowest BCUT2D eigenvalue weighted by Crippen LogP contribution is -2.30. The summed E-state index contributed by atoms with van der Waals surface area (Å²) in [6.07, 6.45) is 38.0. The summed E-state index contributed by atoms with van der Waals surface area (Å²) in [6.45, 7) is 2.77. The fourth-order valence-corrected chi connectivity index (χ4v) is 10.8. The van der Waals surface area contributed by atoms with Gasteiger partial charge in [0.05, 0.1) is 18.1 Å². The van der Waals surface area contributed by atoms with Gasteiger partial charge in [-0.2, -0.15) is 0 Å². The van der Waals surface area contributed by atoms with Gasteiger partial charge in [-0.25, -0.2) is 17.7 Å². The number of carbonyl (C=O) groups excluding carboxylic acids is 2. The third-order valence-corrected chi connectivity index (χ3v) is 15.4. The molecule has 0 amide bonds. The molecule has 13 heteroatoms. The van der Waals surface area contributed by atoms with Crippen LogP contribution >= 0.6 is 7.82 Å². The maximum absolute atomic E-state index is 13.5. The number of nitrogens with one attached hydrogen (secondary N) is 1. The molecular formula is C57H86NO10PS. The zero-order valence-electron chi connectivity index (χ0n) is 42.7. The highest BCUT2D eigenvalue weighted by Gasteiger charge is 2.27. The van der Waals surface area contributed by atoms with Crippen molar-refractivity contribution < 1.29 is 46.0 Å². The average Bonchev–Trinajstić information content (AvgIpc) is 3.35. The number of allylic oxidation sites excluding steroid dienone is 4. The van der Waals surface area contributed by atoms with E-state index in [4.69, 9.17) is 18.5 Å². The maximum atomic E-state index is 13.5. The topological polar surface area (TPSA) is 155 Å². The van der Waals surface area contributed by atoms with Gasteiger partial charge in [0.1, 0.15) is 6.61 Å². The Hall–Kier alpha value is -3.64. The SMILES string of the molecule is CCCCCCCC/C=C\CCCCCCCC(=O)OC[C@H](COP(=O)(O)OCCNS(=O)(=O)c1ccc2ccc3cccc4ccc1c2c34)OC(=O)CCCCCCC/C=C\CCCCCCCC. The first-order chi connectivity index (χ1) is 34.0. The molecule has 0 heterocycles. The summed E-state index contributed by atoms with van der Waals surface area (Å²) >= 11 is 0. The summed E-state index contributed by atoms with van der Waals surface area (Å²) in [7, 11) is -8.80. The van der Waals surface area contributed by atoms with Crippen molar-refractivity contribution in [3.05, 3.63) is 78.9 Å². The molecule has 0 fully saturated rings. The quantitative estimate of drug-likeness (QED) is 0.0144. The highest BCUT2D eigenvalue weighted by atomic mass is 32.2. The molecule has 390 valence electrons. The Kier molecular flexibility index (Phi) is 29.2. The van der Waals surface area contributed by atoms with E-state index in [0.717, 1.165) is 104 Å². The van der Waals surface area contributed by atoms with Gasteiger partial charge >= 0.3 is 19.8 Å². The maximum Gasteiger partial charge on any atom is 0.472 e. The molecule has 2 atom stereocenters. The Morgan fingerprint density at radius 3 is 1.57 bits per heavy atom. The minimum atomic E-state index is -4.75. The normalized spacial score (nSPS) is 13.6. The molecule has 4 aromatic rings. The molecule has 0 saturated heterocycles. The minimum Gasteiger partial charge on any atom is -0.462 e. The lowest BCUT2D eigenvalue weighted by molar-refractivity contribution is -0.161. The van der Waals surface area contributed by atoms with Crippen molar-refractivity contribution in [1.82, 2.24) is 4.72 Å². The Morgan fingerprint density at radius 2 is 1.03 bits per heavy atom. The van der Waals surface area contributed by atoms with Crippen molar-refractivity contribution in [2.45, 2.75) is 205 Å². The van der Waals surface area contributed by atoms with Crippen LogP contribution in [0.4, 0.5) is 0 Å². The molecule has 0 aliphatic rings. The number of ether oxygens (including phenoxy) is 2. The fraction of sp³-hybridized carbons (Fsp3) is 0.614. The van der Waals surface area contributed by atoms with Crippen LogP contribution in [-0.2, 0) is 42.7 Å². The summed E-state index contributed by atoms with van der Waals surface area (Å²) in [5.41, 5.74) is 0. The lowest BCUT2D eigenvalue weighted by atomic mass is 9.94. The van der Waals surface area contributed by atoms with Crippen LogP contribution in [0.15, 0.2) is 83.8 Å². The van der Waals surface area contributed by atoms with Gasteiger partial charge in [0.15, 0.2) is 6.10 Å². The smallest absolute Gasteiger partial charge is 0.462 e. The molecule has 0 radical (unpaired) electrons. The highest BCUT2D eigenvalue weighted by Crippen LogP contribution is 2.43. The molecule has 1 unspecified atom stereocenters. The third-order valence-electron chi connectivity index (χ3n) is 12.9. The molecule has 0 aromatic heterocycles. The number of carbonyl (C=O) groups is 2. The van der Waals surface area contributed by atoms with Crippen LogP contribution in [-0.4, -0.2) is 57.7 Å². The molecule has 0 aliphatic heterocycles. The van der Waals surface area contributed by atoms with Crippen LogP contribution in [0.25, 0.3) is 32.3 Å². The van der Waals surface area contributed by atoms with E-state index >= 15 is 0 Å². The summed E-state index contributed by atoms with van der Waals surface area (Å²) in [5.74, 6) is -0.967. The van der Waals surface area contributed by atoms with E-state index in [1.54, 1.807) is 18.2 Å². The van der Waals surface area contributed by atoms with E-state index in [-0.39, 0.29) is 30.9 Å². The van der Waals surface area contributed by atoms with Crippen LogP contribution < -0.4 is 4.72 Å². The first-order valence-corrected chi connectivity index (χ1v) is 30.0. The molecular weight excluding hydrogens is 922 g/mol. The molecule has 4 aromatic carbocycles. The van der Waals surface area contributed by atoms with Crippen LogP contribution in [0, 0.1) is 0 Å².